The number of hydrogen-bond acceptors (Lipinski definition) is 6. The number of hydrogen-bond donors (Lipinski definition) is 2. The number of amides is 3. The Morgan fingerprint density at radius 2 is 1.58 bits per heavy atom. The summed E-state index contributed by atoms with van der Waals surface area (Å²) in [5, 5.41) is 2.87. The Labute approximate surface area is 226 Å². The monoisotopic (exact) mass is 531 g/mol. The molecule has 2 aliphatic rings. The molecule has 3 rings (SSSR count). The topological polar surface area (TPSA) is 120 Å². The van der Waals surface area contributed by atoms with Crippen LogP contribution in [0.5, 0.6) is 17.2 Å². The fourth-order valence-electron chi connectivity index (χ4n) is 5.99. The first-order valence-corrected chi connectivity index (χ1v) is 14.0. The number of nitrogens with two attached hydrogens (primary N) is 1. The summed E-state index contributed by atoms with van der Waals surface area (Å²) in [6.45, 7) is 4.34. The first-order valence-electron chi connectivity index (χ1n) is 14.0. The van der Waals surface area contributed by atoms with Crippen LogP contribution in [0.25, 0.3) is 0 Å². The normalized spacial score (nSPS) is 20.7. The van der Waals surface area contributed by atoms with Gasteiger partial charge < -0.3 is 30.2 Å². The Morgan fingerprint density at radius 3 is 2.11 bits per heavy atom. The van der Waals surface area contributed by atoms with Crippen LogP contribution in [-0.4, -0.2) is 62.6 Å². The third kappa shape index (κ3) is 6.53. The maximum atomic E-state index is 14.4. The van der Waals surface area contributed by atoms with E-state index in [-0.39, 0.29) is 23.7 Å². The molecule has 1 aromatic carbocycles. The molecule has 1 aromatic rings. The highest BCUT2D eigenvalue weighted by molar-refractivity contribution is 5.93. The fraction of sp³-hybridized carbons (Fsp3) is 0.690. The van der Waals surface area contributed by atoms with Crippen LogP contribution >= 0.6 is 0 Å². The molecule has 212 valence electrons. The van der Waals surface area contributed by atoms with Gasteiger partial charge in [-0.25, -0.2) is 0 Å². The largest absolute Gasteiger partial charge is 0.493 e. The summed E-state index contributed by atoms with van der Waals surface area (Å²) in [5.41, 5.74) is 6.42. The van der Waals surface area contributed by atoms with Gasteiger partial charge >= 0.3 is 0 Å². The molecule has 0 radical (unpaired) electrons. The van der Waals surface area contributed by atoms with Gasteiger partial charge in [-0.2, -0.15) is 0 Å². The van der Waals surface area contributed by atoms with Crippen LogP contribution in [0, 0.1) is 11.8 Å². The summed E-state index contributed by atoms with van der Waals surface area (Å²) < 4.78 is 16.7. The second-order valence-electron chi connectivity index (χ2n) is 10.7. The Hall–Kier alpha value is -2.97. The molecule has 0 unspecified atom stereocenters. The van der Waals surface area contributed by atoms with Crippen molar-refractivity contribution in [3.8, 4) is 17.2 Å². The highest BCUT2D eigenvalue weighted by Gasteiger charge is 2.41. The first kappa shape index (κ1) is 29.6. The lowest BCUT2D eigenvalue weighted by molar-refractivity contribution is -0.145. The number of primary amides is 1. The van der Waals surface area contributed by atoms with Crippen molar-refractivity contribution in [2.75, 3.05) is 27.9 Å². The number of nitrogens with zero attached hydrogens (tertiary/aromatic N) is 1. The predicted molar refractivity (Wildman–Crippen MR) is 145 cm³/mol. The second-order valence-corrected chi connectivity index (χ2v) is 10.7. The van der Waals surface area contributed by atoms with Crippen molar-refractivity contribution >= 4 is 17.7 Å². The number of carbonyl (C=O) groups is 3. The highest BCUT2D eigenvalue weighted by Crippen LogP contribution is 2.45. The molecule has 2 fully saturated rings. The van der Waals surface area contributed by atoms with E-state index in [1.807, 2.05) is 26.0 Å². The third-order valence-corrected chi connectivity index (χ3v) is 8.34. The highest BCUT2D eigenvalue weighted by atomic mass is 16.5. The molecule has 3 amide bonds. The van der Waals surface area contributed by atoms with E-state index in [4.69, 9.17) is 19.9 Å². The van der Waals surface area contributed by atoms with Gasteiger partial charge in [0.15, 0.2) is 11.5 Å². The van der Waals surface area contributed by atoms with Crippen molar-refractivity contribution in [1.82, 2.24) is 10.2 Å². The molecule has 0 bridgehead atoms. The third-order valence-electron chi connectivity index (χ3n) is 8.34. The van der Waals surface area contributed by atoms with E-state index < -0.39 is 23.9 Å². The smallest absolute Gasteiger partial charge is 0.243 e. The maximum Gasteiger partial charge on any atom is 0.243 e. The van der Waals surface area contributed by atoms with Crippen LogP contribution in [0.1, 0.15) is 83.1 Å². The van der Waals surface area contributed by atoms with Crippen LogP contribution in [-0.2, 0) is 14.4 Å². The Bertz CT molecular complexity index is 952. The van der Waals surface area contributed by atoms with Crippen molar-refractivity contribution < 1.29 is 28.6 Å². The summed E-state index contributed by atoms with van der Waals surface area (Å²) in [5.74, 6) is 0.146. The van der Waals surface area contributed by atoms with Gasteiger partial charge in [-0.3, -0.25) is 14.4 Å². The fourth-order valence-corrected chi connectivity index (χ4v) is 5.99. The number of rotatable bonds is 11. The molecular weight excluding hydrogens is 486 g/mol. The molecular formula is C29H45N3O6. The van der Waals surface area contributed by atoms with E-state index in [2.05, 4.69) is 5.32 Å². The molecule has 3 N–H and O–H groups in total. The van der Waals surface area contributed by atoms with E-state index in [1.165, 1.54) is 0 Å². The summed E-state index contributed by atoms with van der Waals surface area (Å²) in [7, 11) is 4.69. The number of benzene rings is 1. The van der Waals surface area contributed by atoms with E-state index >= 15 is 0 Å². The molecule has 38 heavy (non-hydrogen) atoms. The van der Waals surface area contributed by atoms with Gasteiger partial charge in [0.25, 0.3) is 0 Å². The minimum Gasteiger partial charge on any atom is -0.493 e. The van der Waals surface area contributed by atoms with Crippen LogP contribution < -0.4 is 25.3 Å². The molecule has 1 heterocycles. The van der Waals surface area contributed by atoms with E-state index in [9.17, 15) is 14.4 Å². The van der Waals surface area contributed by atoms with Gasteiger partial charge in [0.2, 0.25) is 23.5 Å². The molecule has 1 aliphatic carbocycles. The number of piperidine rings is 1. The maximum absolute atomic E-state index is 14.4. The minimum absolute atomic E-state index is 0.0646. The van der Waals surface area contributed by atoms with Gasteiger partial charge in [0.05, 0.1) is 27.2 Å². The Balaban J connectivity index is 1.99. The zero-order valence-corrected chi connectivity index (χ0v) is 23.6. The Kier molecular flexibility index (Phi) is 10.7. The molecule has 4 atom stereocenters. The zero-order valence-electron chi connectivity index (χ0n) is 23.6. The average molecular weight is 532 g/mol. The Morgan fingerprint density at radius 1 is 0.974 bits per heavy atom. The molecule has 0 aromatic heterocycles. The molecule has 9 nitrogen and oxygen atoms in total. The summed E-state index contributed by atoms with van der Waals surface area (Å²) >= 11 is 0. The number of carbonyl (C=O) groups excluding carboxylic acids is 3. The van der Waals surface area contributed by atoms with Crippen molar-refractivity contribution in [1.29, 1.82) is 0 Å². The van der Waals surface area contributed by atoms with E-state index in [0.29, 0.717) is 36.6 Å². The van der Waals surface area contributed by atoms with Gasteiger partial charge in [-0.15, -0.1) is 0 Å². The number of ether oxygens (including phenoxy) is 3. The van der Waals surface area contributed by atoms with Crippen LogP contribution in [0.4, 0.5) is 0 Å². The van der Waals surface area contributed by atoms with Crippen molar-refractivity contribution in [2.24, 2.45) is 17.6 Å². The van der Waals surface area contributed by atoms with Crippen LogP contribution in [0.2, 0.25) is 0 Å². The minimum atomic E-state index is -0.768. The van der Waals surface area contributed by atoms with Crippen LogP contribution in [0.3, 0.4) is 0 Å². The summed E-state index contributed by atoms with van der Waals surface area (Å²) in [4.78, 5) is 41.7. The predicted octanol–water partition coefficient (Wildman–Crippen LogP) is 3.77. The van der Waals surface area contributed by atoms with Gasteiger partial charge in [-0.05, 0) is 61.6 Å². The van der Waals surface area contributed by atoms with Crippen molar-refractivity contribution in [2.45, 2.75) is 89.6 Å². The SMILES string of the molecule is CC[C@H](C)[C@H](NC(=O)[C@@H]1CCCCN1C(=O)[C@H](c1cc(OC)c(OC)c(OC)c1)C1CCCCC1)C(N)=O. The lowest BCUT2D eigenvalue weighted by Crippen LogP contribution is -2.58. The number of likely N-dealkylation sites (tertiary alicyclic amines) is 1. The lowest BCUT2D eigenvalue weighted by Gasteiger charge is -2.40. The van der Waals surface area contributed by atoms with Gasteiger partial charge in [-0.1, -0.05) is 39.5 Å². The van der Waals surface area contributed by atoms with Crippen molar-refractivity contribution in [3.05, 3.63) is 17.7 Å². The quantitative estimate of drug-likeness (QED) is 0.449. The van der Waals surface area contributed by atoms with E-state index in [0.717, 1.165) is 50.5 Å². The van der Waals surface area contributed by atoms with E-state index in [1.54, 1.807) is 26.2 Å². The second kappa shape index (κ2) is 13.7. The molecule has 9 heteroatoms. The average Bonchev–Trinajstić information content (AvgIpc) is 2.95. The molecule has 0 spiro atoms. The molecule has 1 saturated heterocycles. The van der Waals surface area contributed by atoms with Crippen LogP contribution in [0.15, 0.2) is 12.1 Å². The van der Waals surface area contributed by atoms with Gasteiger partial charge in [0, 0.05) is 6.54 Å². The number of methoxy groups -OCH3 is 3. The standard InChI is InChI=1S/C29H45N3O6/c1-6-18(2)25(27(30)33)31-28(34)21-14-10-11-15-32(21)29(35)24(19-12-8-7-9-13-19)20-16-22(36-3)26(38-5)23(17-20)37-4/h16-19,21,24-25H,6-15H2,1-5H3,(H2,30,33)(H,31,34)/t18-,21-,24-,25-/m0/s1. The van der Waals surface area contributed by atoms with Gasteiger partial charge in [0.1, 0.15) is 12.1 Å². The first-order chi connectivity index (χ1) is 18.3. The number of nitrogens with one attached hydrogen (secondary N) is 1. The molecule has 1 saturated carbocycles. The zero-order chi connectivity index (χ0) is 27.8. The molecule has 1 aliphatic heterocycles. The summed E-state index contributed by atoms with van der Waals surface area (Å²) in [6.07, 6.45) is 8.09. The summed E-state index contributed by atoms with van der Waals surface area (Å²) in [6, 6.07) is 2.32. The van der Waals surface area contributed by atoms with Crippen molar-refractivity contribution in [3.63, 3.8) is 0 Å². The lowest BCUT2D eigenvalue weighted by atomic mass is 9.75.